The molecule has 0 aliphatic rings. The number of carbonyl (C=O) groups excluding carboxylic acids is 2. The lowest BCUT2D eigenvalue weighted by Crippen LogP contribution is -2.36. The van der Waals surface area contributed by atoms with Crippen LogP contribution in [0.2, 0.25) is 0 Å². The summed E-state index contributed by atoms with van der Waals surface area (Å²) in [4.78, 5) is 23.0. The highest BCUT2D eigenvalue weighted by Gasteiger charge is 2.25. The standard InChI is InChI=1S/C17H25NO4/c1-12(19)17(5,6)21-14-9-7-13(8-10-14)11-18-15(20)22-16(2,3)4/h7-10H,11H2,1-6H3,(H,18,20). The third kappa shape index (κ3) is 6.16. The molecule has 0 aliphatic carbocycles. The van der Waals surface area contributed by atoms with Crippen molar-refractivity contribution in [1.82, 2.24) is 5.32 Å². The van der Waals surface area contributed by atoms with Crippen molar-refractivity contribution in [1.29, 1.82) is 0 Å². The molecule has 1 rings (SSSR count). The first kappa shape index (κ1) is 18.0. The Labute approximate surface area is 132 Å². The van der Waals surface area contributed by atoms with Crippen LogP contribution in [0.4, 0.5) is 4.79 Å². The molecule has 0 unspecified atom stereocenters. The summed E-state index contributed by atoms with van der Waals surface area (Å²) in [6.07, 6.45) is -0.453. The van der Waals surface area contributed by atoms with E-state index in [0.717, 1.165) is 5.56 Å². The number of benzene rings is 1. The van der Waals surface area contributed by atoms with Crippen LogP contribution >= 0.6 is 0 Å². The van der Waals surface area contributed by atoms with Gasteiger partial charge in [-0.25, -0.2) is 4.79 Å². The Morgan fingerprint density at radius 2 is 1.59 bits per heavy atom. The fourth-order valence-electron chi connectivity index (χ4n) is 1.53. The van der Waals surface area contributed by atoms with Crippen molar-refractivity contribution in [3.05, 3.63) is 29.8 Å². The van der Waals surface area contributed by atoms with Crippen LogP contribution in [0.25, 0.3) is 0 Å². The van der Waals surface area contributed by atoms with Crippen LogP contribution in [0.5, 0.6) is 5.75 Å². The van der Waals surface area contributed by atoms with Crippen LogP contribution in [0, 0.1) is 0 Å². The average molecular weight is 307 g/mol. The maximum Gasteiger partial charge on any atom is 0.407 e. The van der Waals surface area contributed by atoms with Crippen molar-refractivity contribution < 1.29 is 19.1 Å². The lowest BCUT2D eigenvalue weighted by atomic mass is 10.1. The van der Waals surface area contributed by atoms with E-state index in [0.29, 0.717) is 12.3 Å². The number of amides is 1. The fraction of sp³-hybridized carbons (Fsp3) is 0.529. The second kappa shape index (κ2) is 6.81. The summed E-state index contributed by atoms with van der Waals surface area (Å²) in [5, 5.41) is 2.69. The van der Waals surface area contributed by atoms with E-state index in [1.807, 2.05) is 32.9 Å². The van der Waals surface area contributed by atoms with Crippen molar-refractivity contribution >= 4 is 11.9 Å². The predicted octanol–water partition coefficient (Wildman–Crippen LogP) is 3.46. The van der Waals surface area contributed by atoms with Crippen LogP contribution in [-0.2, 0) is 16.1 Å². The van der Waals surface area contributed by atoms with Crippen LogP contribution in [-0.4, -0.2) is 23.1 Å². The molecule has 122 valence electrons. The van der Waals surface area contributed by atoms with Gasteiger partial charge in [-0.1, -0.05) is 12.1 Å². The summed E-state index contributed by atoms with van der Waals surface area (Å²) in [5.41, 5.74) is -0.449. The minimum atomic E-state index is -0.851. The van der Waals surface area contributed by atoms with Gasteiger partial charge in [-0.3, -0.25) is 4.79 Å². The second-order valence-corrected chi connectivity index (χ2v) is 6.67. The first-order valence-electron chi connectivity index (χ1n) is 7.25. The fourth-order valence-corrected chi connectivity index (χ4v) is 1.53. The molecule has 0 saturated heterocycles. The van der Waals surface area contributed by atoms with Gasteiger partial charge in [-0.2, -0.15) is 0 Å². The lowest BCUT2D eigenvalue weighted by Gasteiger charge is -2.23. The van der Waals surface area contributed by atoms with E-state index in [-0.39, 0.29) is 5.78 Å². The quantitative estimate of drug-likeness (QED) is 0.904. The Hall–Kier alpha value is -2.04. The Balaban J connectivity index is 2.56. The zero-order valence-electron chi connectivity index (χ0n) is 14.1. The van der Waals surface area contributed by atoms with Crippen molar-refractivity contribution in [3.63, 3.8) is 0 Å². The average Bonchev–Trinajstić information content (AvgIpc) is 2.35. The molecule has 1 N–H and O–H groups in total. The SMILES string of the molecule is CC(=O)C(C)(C)Oc1ccc(CNC(=O)OC(C)(C)C)cc1. The molecule has 0 radical (unpaired) electrons. The lowest BCUT2D eigenvalue weighted by molar-refractivity contribution is -0.129. The highest BCUT2D eigenvalue weighted by molar-refractivity contribution is 5.84. The molecule has 5 nitrogen and oxygen atoms in total. The molecule has 1 amide bonds. The molecule has 0 atom stereocenters. The van der Waals surface area contributed by atoms with E-state index in [1.165, 1.54) is 6.92 Å². The van der Waals surface area contributed by atoms with E-state index in [1.54, 1.807) is 26.0 Å². The van der Waals surface area contributed by atoms with Gasteiger partial charge in [-0.15, -0.1) is 0 Å². The first-order valence-corrected chi connectivity index (χ1v) is 7.25. The number of nitrogens with one attached hydrogen (secondary N) is 1. The minimum absolute atomic E-state index is 0.0387. The van der Waals surface area contributed by atoms with Crippen molar-refractivity contribution in [2.24, 2.45) is 0 Å². The Bertz CT molecular complexity index is 527. The largest absolute Gasteiger partial charge is 0.480 e. The summed E-state index contributed by atoms with van der Waals surface area (Å²) in [5.74, 6) is 0.574. The van der Waals surface area contributed by atoms with E-state index < -0.39 is 17.3 Å². The number of ether oxygens (including phenoxy) is 2. The summed E-state index contributed by atoms with van der Waals surface area (Å²) in [6.45, 7) is 10.8. The minimum Gasteiger partial charge on any atom is -0.480 e. The Morgan fingerprint density at radius 3 is 2.05 bits per heavy atom. The molecule has 0 heterocycles. The van der Waals surface area contributed by atoms with Crippen molar-refractivity contribution in [2.75, 3.05) is 0 Å². The van der Waals surface area contributed by atoms with E-state index in [4.69, 9.17) is 9.47 Å². The molecule has 1 aromatic rings. The molecular weight excluding hydrogens is 282 g/mol. The Morgan fingerprint density at radius 1 is 1.05 bits per heavy atom. The molecule has 1 aromatic carbocycles. The normalized spacial score (nSPS) is 11.7. The Kier molecular flexibility index (Phi) is 5.58. The number of ketones is 1. The first-order chi connectivity index (χ1) is 9.99. The zero-order chi connectivity index (χ0) is 17.0. The van der Waals surface area contributed by atoms with Gasteiger partial charge in [0.1, 0.15) is 11.4 Å². The predicted molar refractivity (Wildman–Crippen MR) is 84.9 cm³/mol. The van der Waals surface area contributed by atoms with Crippen LogP contribution in [0.1, 0.15) is 47.1 Å². The number of carbonyl (C=O) groups is 2. The summed E-state index contributed by atoms with van der Waals surface area (Å²) < 4.78 is 10.8. The third-order valence-electron chi connectivity index (χ3n) is 2.98. The number of hydrogen-bond donors (Lipinski definition) is 1. The van der Waals surface area contributed by atoms with Gasteiger partial charge in [0.25, 0.3) is 0 Å². The van der Waals surface area contributed by atoms with Gasteiger partial charge in [0.2, 0.25) is 0 Å². The van der Waals surface area contributed by atoms with E-state index >= 15 is 0 Å². The van der Waals surface area contributed by atoms with Crippen molar-refractivity contribution in [3.8, 4) is 5.75 Å². The van der Waals surface area contributed by atoms with Gasteiger partial charge < -0.3 is 14.8 Å². The van der Waals surface area contributed by atoms with Gasteiger partial charge in [0.05, 0.1) is 0 Å². The maximum absolute atomic E-state index is 11.6. The number of rotatable bonds is 5. The van der Waals surface area contributed by atoms with Gasteiger partial charge in [0.15, 0.2) is 11.4 Å². The molecule has 5 heteroatoms. The second-order valence-electron chi connectivity index (χ2n) is 6.67. The molecule has 0 aromatic heterocycles. The number of hydrogen-bond acceptors (Lipinski definition) is 4. The zero-order valence-corrected chi connectivity index (χ0v) is 14.1. The van der Waals surface area contributed by atoms with E-state index in [9.17, 15) is 9.59 Å². The molecule has 22 heavy (non-hydrogen) atoms. The molecular formula is C17H25NO4. The van der Waals surface area contributed by atoms with Gasteiger partial charge in [0, 0.05) is 6.54 Å². The van der Waals surface area contributed by atoms with Crippen LogP contribution in [0.15, 0.2) is 24.3 Å². The molecule has 0 bridgehead atoms. The van der Waals surface area contributed by atoms with Gasteiger partial charge in [-0.05, 0) is 59.2 Å². The van der Waals surface area contributed by atoms with Gasteiger partial charge >= 0.3 is 6.09 Å². The van der Waals surface area contributed by atoms with Crippen LogP contribution < -0.4 is 10.1 Å². The smallest absolute Gasteiger partial charge is 0.407 e. The number of Topliss-reactive ketones (excluding diaryl/α,β-unsaturated/α-hetero) is 1. The van der Waals surface area contributed by atoms with Crippen molar-refractivity contribution in [2.45, 2.75) is 59.3 Å². The summed E-state index contributed by atoms with van der Waals surface area (Å²) >= 11 is 0. The number of alkyl carbamates (subject to hydrolysis) is 1. The highest BCUT2D eigenvalue weighted by Crippen LogP contribution is 2.19. The summed E-state index contributed by atoms with van der Waals surface area (Å²) in [7, 11) is 0. The maximum atomic E-state index is 11.6. The molecule has 0 spiro atoms. The molecule has 0 saturated carbocycles. The van der Waals surface area contributed by atoms with E-state index in [2.05, 4.69) is 5.32 Å². The highest BCUT2D eigenvalue weighted by atomic mass is 16.6. The monoisotopic (exact) mass is 307 g/mol. The third-order valence-corrected chi connectivity index (χ3v) is 2.98. The topological polar surface area (TPSA) is 64.6 Å². The summed E-state index contributed by atoms with van der Waals surface area (Å²) in [6, 6.07) is 7.22. The molecule has 0 fully saturated rings. The molecule has 0 aliphatic heterocycles. The van der Waals surface area contributed by atoms with Crippen LogP contribution in [0.3, 0.4) is 0 Å².